The molecule has 0 atom stereocenters. The van der Waals surface area contributed by atoms with Gasteiger partial charge in [-0.2, -0.15) is 5.10 Å². The van der Waals surface area contributed by atoms with E-state index in [0.717, 1.165) is 30.2 Å². The Bertz CT molecular complexity index is 990. The van der Waals surface area contributed by atoms with Gasteiger partial charge in [0.2, 0.25) is 5.88 Å². The van der Waals surface area contributed by atoms with Crippen molar-refractivity contribution in [1.29, 1.82) is 0 Å². The first-order chi connectivity index (χ1) is 15.3. The summed E-state index contributed by atoms with van der Waals surface area (Å²) in [6.07, 6.45) is 4.14. The van der Waals surface area contributed by atoms with E-state index in [1.807, 2.05) is 30.3 Å². The number of pyridine rings is 2. The molecule has 0 spiro atoms. The van der Waals surface area contributed by atoms with Crippen molar-refractivity contribution in [3.05, 3.63) is 72.2 Å². The van der Waals surface area contributed by atoms with Crippen LogP contribution in [0, 0.1) is 0 Å². The number of benzene rings is 1. The van der Waals surface area contributed by atoms with Crippen LogP contribution in [0.4, 0.5) is 11.4 Å². The summed E-state index contributed by atoms with van der Waals surface area (Å²) in [6.45, 7) is 3.52. The van der Waals surface area contributed by atoms with Crippen molar-refractivity contribution in [2.45, 2.75) is 6.42 Å². The Labute approximate surface area is 181 Å². The van der Waals surface area contributed by atoms with E-state index < -0.39 is 0 Å². The number of aromatic nitrogens is 2. The molecule has 0 amide bonds. The normalized spacial score (nSPS) is 14.0. The maximum absolute atomic E-state index is 9.38. The first-order valence-electron chi connectivity index (χ1n) is 10.2. The van der Waals surface area contributed by atoms with Gasteiger partial charge < -0.3 is 19.5 Å². The van der Waals surface area contributed by atoms with E-state index in [4.69, 9.17) is 9.47 Å². The Morgan fingerprint density at radius 2 is 1.97 bits per heavy atom. The lowest BCUT2D eigenvalue weighted by molar-refractivity contribution is 0.122. The van der Waals surface area contributed by atoms with E-state index in [2.05, 4.69) is 25.4 Å². The van der Waals surface area contributed by atoms with Gasteiger partial charge in [-0.05, 0) is 42.5 Å². The second-order valence-corrected chi connectivity index (χ2v) is 7.02. The third-order valence-corrected chi connectivity index (χ3v) is 4.77. The predicted octanol–water partition coefficient (Wildman–Crippen LogP) is 3.09. The summed E-state index contributed by atoms with van der Waals surface area (Å²) in [5.74, 6) is 0.757. The molecule has 3 aromatic rings. The zero-order valence-corrected chi connectivity index (χ0v) is 17.1. The number of hydrogen-bond donors (Lipinski definition) is 2. The monoisotopic (exact) mass is 419 g/mol. The van der Waals surface area contributed by atoms with E-state index in [1.165, 1.54) is 0 Å². The van der Waals surface area contributed by atoms with Gasteiger partial charge in [0.15, 0.2) is 0 Å². The molecule has 8 nitrogen and oxygen atoms in total. The number of nitrogens with one attached hydrogen (secondary N) is 1. The van der Waals surface area contributed by atoms with Crippen molar-refractivity contribution in [3.63, 3.8) is 0 Å². The number of ether oxygens (including phenoxy) is 2. The fourth-order valence-electron chi connectivity index (χ4n) is 3.17. The van der Waals surface area contributed by atoms with Crippen LogP contribution in [0.3, 0.4) is 0 Å². The van der Waals surface area contributed by atoms with Gasteiger partial charge in [-0.15, -0.1) is 0 Å². The molecule has 1 aliphatic heterocycles. The molecule has 0 bridgehead atoms. The van der Waals surface area contributed by atoms with Gasteiger partial charge in [-0.3, -0.25) is 10.4 Å². The smallest absolute Gasteiger partial charge is 0.215 e. The molecule has 0 unspecified atom stereocenters. The molecule has 31 heavy (non-hydrogen) atoms. The van der Waals surface area contributed by atoms with Crippen molar-refractivity contribution < 1.29 is 14.6 Å². The van der Waals surface area contributed by atoms with Gasteiger partial charge in [-0.25, -0.2) is 4.98 Å². The maximum atomic E-state index is 9.38. The van der Waals surface area contributed by atoms with E-state index in [1.54, 1.807) is 36.7 Å². The minimum Gasteiger partial charge on any atom is -0.508 e. The highest BCUT2D eigenvalue weighted by molar-refractivity contribution is 5.80. The van der Waals surface area contributed by atoms with Crippen molar-refractivity contribution in [2.75, 3.05) is 43.2 Å². The summed E-state index contributed by atoms with van der Waals surface area (Å²) in [4.78, 5) is 11.2. The van der Waals surface area contributed by atoms with Crippen LogP contribution in [0.25, 0.3) is 0 Å². The predicted molar refractivity (Wildman–Crippen MR) is 120 cm³/mol. The summed E-state index contributed by atoms with van der Waals surface area (Å²) >= 11 is 0. The molecule has 2 aromatic heterocycles. The first kappa shape index (κ1) is 20.6. The summed E-state index contributed by atoms with van der Waals surface area (Å²) in [5.41, 5.74) is 6.39. The first-order valence-corrected chi connectivity index (χ1v) is 10.2. The number of phenols is 1. The van der Waals surface area contributed by atoms with E-state index >= 15 is 0 Å². The molecule has 4 rings (SSSR count). The number of hydrogen-bond acceptors (Lipinski definition) is 8. The van der Waals surface area contributed by atoms with Gasteiger partial charge in [0, 0.05) is 43.2 Å². The Morgan fingerprint density at radius 1 is 1.13 bits per heavy atom. The standard InChI is InChI=1S/C23H25N5O3/c29-22-6-4-19(5-7-22)27-25-17-20-15-21(28-10-13-30-14-11-28)16-23(26-20)31-12-8-18-3-1-2-9-24-18/h1-7,9,15-17,27,29H,8,10-14H2. The number of morpholine rings is 1. The number of rotatable bonds is 8. The summed E-state index contributed by atoms with van der Waals surface area (Å²) in [5, 5.41) is 13.6. The number of aromatic hydroxyl groups is 1. The Kier molecular flexibility index (Phi) is 6.92. The Hall–Kier alpha value is -3.65. The molecule has 8 heteroatoms. The van der Waals surface area contributed by atoms with Crippen LogP contribution in [0.1, 0.15) is 11.4 Å². The third-order valence-electron chi connectivity index (χ3n) is 4.77. The molecular formula is C23H25N5O3. The van der Waals surface area contributed by atoms with Crippen molar-refractivity contribution in [1.82, 2.24) is 9.97 Å². The van der Waals surface area contributed by atoms with Gasteiger partial charge >= 0.3 is 0 Å². The lowest BCUT2D eigenvalue weighted by Gasteiger charge is -2.29. The van der Waals surface area contributed by atoms with Crippen molar-refractivity contribution in [2.24, 2.45) is 5.10 Å². The molecule has 0 radical (unpaired) electrons. The van der Waals surface area contributed by atoms with Crippen LogP contribution >= 0.6 is 0 Å². The Balaban J connectivity index is 1.46. The quantitative estimate of drug-likeness (QED) is 0.329. The molecular weight excluding hydrogens is 394 g/mol. The van der Waals surface area contributed by atoms with Gasteiger partial charge in [0.05, 0.1) is 37.4 Å². The average molecular weight is 419 g/mol. The number of nitrogens with zero attached hydrogens (tertiary/aromatic N) is 4. The molecule has 2 N–H and O–H groups in total. The molecule has 0 aliphatic carbocycles. The van der Waals surface area contributed by atoms with Crippen LogP contribution in [0.15, 0.2) is 65.9 Å². The van der Waals surface area contributed by atoms with Crippen LogP contribution in [-0.4, -0.2) is 54.2 Å². The third kappa shape index (κ3) is 6.16. The van der Waals surface area contributed by atoms with Gasteiger partial charge in [-0.1, -0.05) is 6.07 Å². The Morgan fingerprint density at radius 3 is 2.74 bits per heavy atom. The average Bonchev–Trinajstić information content (AvgIpc) is 2.82. The van der Waals surface area contributed by atoms with Crippen molar-refractivity contribution in [3.8, 4) is 11.6 Å². The molecule has 160 valence electrons. The minimum atomic E-state index is 0.210. The van der Waals surface area contributed by atoms with Crippen LogP contribution in [-0.2, 0) is 11.2 Å². The highest BCUT2D eigenvalue weighted by atomic mass is 16.5. The number of hydrazone groups is 1. The van der Waals surface area contributed by atoms with Crippen LogP contribution in [0.5, 0.6) is 11.6 Å². The van der Waals surface area contributed by atoms with Crippen LogP contribution in [0.2, 0.25) is 0 Å². The molecule has 3 heterocycles. The van der Waals surface area contributed by atoms with Gasteiger partial charge in [0.25, 0.3) is 0 Å². The second kappa shape index (κ2) is 10.4. The highest BCUT2D eigenvalue weighted by Crippen LogP contribution is 2.22. The molecule has 1 aromatic carbocycles. The van der Waals surface area contributed by atoms with E-state index in [9.17, 15) is 5.11 Å². The van der Waals surface area contributed by atoms with E-state index in [0.29, 0.717) is 37.8 Å². The fourth-order valence-corrected chi connectivity index (χ4v) is 3.17. The SMILES string of the molecule is Oc1ccc(NN=Cc2cc(N3CCOCC3)cc(OCCc3ccccn3)n2)cc1. The zero-order valence-electron chi connectivity index (χ0n) is 17.1. The summed E-state index contributed by atoms with van der Waals surface area (Å²) in [6, 6.07) is 16.5. The van der Waals surface area contributed by atoms with Gasteiger partial charge in [0.1, 0.15) is 5.75 Å². The summed E-state index contributed by atoms with van der Waals surface area (Å²) in [7, 11) is 0. The highest BCUT2D eigenvalue weighted by Gasteiger charge is 2.14. The summed E-state index contributed by atoms with van der Waals surface area (Å²) < 4.78 is 11.4. The lowest BCUT2D eigenvalue weighted by atomic mass is 10.2. The number of anilines is 2. The van der Waals surface area contributed by atoms with Crippen molar-refractivity contribution >= 4 is 17.6 Å². The molecule has 1 fully saturated rings. The van der Waals surface area contributed by atoms with Crippen LogP contribution < -0.4 is 15.1 Å². The maximum Gasteiger partial charge on any atom is 0.215 e. The topological polar surface area (TPSA) is 92.1 Å². The van der Waals surface area contributed by atoms with E-state index in [-0.39, 0.29) is 5.75 Å². The molecule has 1 saturated heterocycles. The lowest BCUT2D eigenvalue weighted by Crippen LogP contribution is -2.36. The zero-order chi connectivity index (χ0) is 21.3. The second-order valence-electron chi connectivity index (χ2n) is 7.02. The number of phenolic OH excluding ortho intramolecular Hbond substituents is 1. The fraction of sp³-hybridized carbons (Fsp3) is 0.261. The molecule has 1 aliphatic rings. The minimum absolute atomic E-state index is 0.210. The molecule has 0 saturated carbocycles. The largest absolute Gasteiger partial charge is 0.508 e.